The average Bonchev–Trinajstić information content (AvgIpc) is 2.51. The van der Waals surface area contributed by atoms with Crippen LogP contribution in [0.2, 0.25) is 0 Å². The molecule has 100 valence electrons. The molecule has 0 spiro atoms. The van der Waals surface area contributed by atoms with Crippen molar-refractivity contribution in [3.8, 4) is 0 Å². The summed E-state index contributed by atoms with van der Waals surface area (Å²) < 4.78 is 0. The van der Waals surface area contributed by atoms with Gasteiger partial charge in [-0.25, -0.2) is 9.97 Å². The molecular formula is C14H24N4. The summed E-state index contributed by atoms with van der Waals surface area (Å²) in [7, 11) is 0. The molecule has 0 saturated carbocycles. The second-order valence-electron chi connectivity index (χ2n) is 4.93. The van der Waals surface area contributed by atoms with Gasteiger partial charge in [0.05, 0.1) is 0 Å². The number of nitrogens with one attached hydrogen (secondary N) is 1. The Hall–Kier alpha value is -1.16. The molecule has 1 aromatic heterocycles. The highest BCUT2D eigenvalue weighted by Crippen LogP contribution is 2.15. The van der Waals surface area contributed by atoms with Crippen LogP contribution in [-0.4, -0.2) is 36.1 Å². The van der Waals surface area contributed by atoms with Crippen molar-refractivity contribution in [2.75, 3.05) is 31.1 Å². The highest BCUT2D eigenvalue weighted by Gasteiger charge is 2.10. The summed E-state index contributed by atoms with van der Waals surface area (Å²) in [5.74, 6) is 1.07. The molecule has 2 fully saturated rings. The minimum absolute atomic E-state index is 1.07. The Balaban J connectivity index is 0.000000169. The molecule has 3 heterocycles. The lowest BCUT2D eigenvalue weighted by Gasteiger charge is -2.27. The van der Waals surface area contributed by atoms with Gasteiger partial charge in [0.25, 0.3) is 0 Å². The van der Waals surface area contributed by atoms with E-state index in [1.165, 1.54) is 51.6 Å². The average molecular weight is 248 g/mol. The van der Waals surface area contributed by atoms with Gasteiger partial charge in [0.15, 0.2) is 0 Å². The molecule has 0 aliphatic carbocycles. The Morgan fingerprint density at radius 2 is 1.67 bits per heavy atom. The molecule has 0 radical (unpaired) electrons. The number of anilines is 1. The molecule has 3 rings (SSSR count). The maximum absolute atomic E-state index is 4.22. The lowest BCUT2D eigenvalue weighted by Crippen LogP contribution is -2.29. The molecule has 18 heavy (non-hydrogen) atoms. The lowest BCUT2D eigenvalue weighted by molar-refractivity contribution is 0.520. The molecule has 4 heteroatoms. The van der Waals surface area contributed by atoms with E-state index in [4.69, 9.17) is 0 Å². The van der Waals surface area contributed by atoms with Gasteiger partial charge in [-0.05, 0) is 51.3 Å². The lowest BCUT2D eigenvalue weighted by atomic mass is 10.1. The van der Waals surface area contributed by atoms with E-state index in [9.17, 15) is 0 Å². The van der Waals surface area contributed by atoms with E-state index in [0.717, 1.165) is 18.9 Å². The van der Waals surface area contributed by atoms with Crippen LogP contribution >= 0.6 is 0 Å². The van der Waals surface area contributed by atoms with Gasteiger partial charge in [-0.3, -0.25) is 0 Å². The Labute approximate surface area is 110 Å². The van der Waals surface area contributed by atoms with Crippen molar-refractivity contribution in [1.29, 1.82) is 0 Å². The summed E-state index contributed by atoms with van der Waals surface area (Å²) in [6.45, 7) is 4.80. The Morgan fingerprint density at radius 1 is 0.944 bits per heavy atom. The smallest absolute Gasteiger partial charge is 0.131 e. The highest BCUT2D eigenvalue weighted by molar-refractivity contribution is 5.36. The van der Waals surface area contributed by atoms with Crippen LogP contribution in [0.3, 0.4) is 0 Å². The molecular weight excluding hydrogens is 224 g/mol. The molecule has 2 aliphatic heterocycles. The summed E-state index contributed by atoms with van der Waals surface area (Å²) >= 11 is 0. The monoisotopic (exact) mass is 248 g/mol. The van der Waals surface area contributed by atoms with Crippen molar-refractivity contribution >= 4 is 5.82 Å². The van der Waals surface area contributed by atoms with Gasteiger partial charge in [0.1, 0.15) is 12.1 Å². The molecule has 2 aliphatic rings. The van der Waals surface area contributed by atoms with Crippen LogP contribution in [-0.2, 0) is 0 Å². The van der Waals surface area contributed by atoms with Gasteiger partial charge in [0, 0.05) is 19.3 Å². The van der Waals surface area contributed by atoms with Gasteiger partial charge in [-0.15, -0.1) is 0 Å². The summed E-state index contributed by atoms with van der Waals surface area (Å²) in [4.78, 5) is 10.4. The topological polar surface area (TPSA) is 41.0 Å². The van der Waals surface area contributed by atoms with Gasteiger partial charge in [0.2, 0.25) is 0 Å². The maximum Gasteiger partial charge on any atom is 0.131 e. The molecule has 2 saturated heterocycles. The van der Waals surface area contributed by atoms with Crippen LogP contribution in [0, 0.1) is 0 Å². The Morgan fingerprint density at radius 3 is 2.17 bits per heavy atom. The standard InChI is InChI=1S/C9H13N3.C5H11N/c1-2-6-12(7-3-1)9-4-5-10-8-11-9;1-2-4-6-5-3-1/h4-5,8H,1-3,6-7H2;6H,1-5H2. The largest absolute Gasteiger partial charge is 0.357 e. The Kier molecular flexibility index (Phi) is 5.92. The van der Waals surface area contributed by atoms with Crippen molar-refractivity contribution in [1.82, 2.24) is 15.3 Å². The fourth-order valence-corrected chi connectivity index (χ4v) is 2.40. The quantitative estimate of drug-likeness (QED) is 0.827. The second kappa shape index (κ2) is 8.03. The number of hydrogen-bond donors (Lipinski definition) is 1. The van der Waals surface area contributed by atoms with E-state index >= 15 is 0 Å². The van der Waals surface area contributed by atoms with Crippen molar-refractivity contribution in [2.45, 2.75) is 38.5 Å². The third kappa shape index (κ3) is 4.61. The molecule has 0 amide bonds. The number of piperidine rings is 2. The molecule has 1 aromatic rings. The van der Waals surface area contributed by atoms with Gasteiger partial charge >= 0.3 is 0 Å². The first-order valence-corrected chi connectivity index (χ1v) is 7.18. The predicted molar refractivity (Wildman–Crippen MR) is 74.8 cm³/mol. The fourth-order valence-electron chi connectivity index (χ4n) is 2.40. The first-order valence-electron chi connectivity index (χ1n) is 7.18. The van der Waals surface area contributed by atoms with Crippen molar-refractivity contribution in [3.63, 3.8) is 0 Å². The Bertz CT molecular complexity index is 293. The van der Waals surface area contributed by atoms with Gasteiger partial charge in [-0.2, -0.15) is 0 Å². The van der Waals surface area contributed by atoms with Crippen LogP contribution in [0.5, 0.6) is 0 Å². The van der Waals surface area contributed by atoms with Crippen LogP contribution in [0.15, 0.2) is 18.6 Å². The van der Waals surface area contributed by atoms with Crippen LogP contribution < -0.4 is 10.2 Å². The van der Waals surface area contributed by atoms with Gasteiger partial charge < -0.3 is 10.2 Å². The first-order chi connectivity index (χ1) is 8.97. The molecule has 0 bridgehead atoms. The molecule has 0 unspecified atom stereocenters. The van der Waals surface area contributed by atoms with Crippen LogP contribution in [0.4, 0.5) is 5.82 Å². The van der Waals surface area contributed by atoms with E-state index in [-0.39, 0.29) is 0 Å². The summed E-state index contributed by atoms with van der Waals surface area (Å²) in [5.41, 5.74) is 0. The van der Waals surface area contributed by atoms with E-state index in [2.05, 4.69) is 20.2 Å². The van der Waals surface area contributed by atoms with E-state index in [0.29, 0.717) is 0 Å². The fraction of sp³-hybridized carbons (Fsp3) is 0.714. The number of aromatic nitrogens is 2. The molecule has 0 atom stereocenters. The number of nitrogens with zero attached hydrogens (tertiary/aromatic N) is 3. The minimum atomic E-state index is 1.07. The summed E-state index contributed by atoms with van der Waals surface area (Å²) in [5, 5.41) is 3.28. The zero-order valence-corrected chi connectivity index (χ0v) is 11.1. The summed E-state index contributed by atoms with van der Waals surface area (Å²) in [6.07, 6.45) is 11.6. The number of rotatable bonds is 1. The third-order valence-electron chi connectivity index (χ3n) is 3.45. The predicted octanol–water partition coefficient (Wildman–Crippen LogP) is 2.23. The third-order valence-corrected chi connectivity index (χ3v) is 3.45. The number of hydrogen-bond acceptors (Lipinski definition) is 4. The minimum Gasteiger partial charge on any atom is -0.357 e. The van der Waals surface area contributed by atoms with Crippen molar-refractivity contribution in [2.24, 2.45) is 0 Å². The van der Waals surface area contributed by atoms with Crippen molar-refractivity contribution in [3.05, 3.63) is 18.6 Å². The maximum atomic E-state index is 4.22. The van der Waals surface area contributed by atoms with E-state index in [1.807, 2.05) is 6.07 Å². The van der Waals surface area contributed by atoms with Crippen molar-refractivity contribution < 1.29 is 0 Å². The highest BCUT2D eigenvalue weighted by atomic mass is 15.2. The van der Waals surface area contributed by atoms with E-state index < -0.39 is 0 Å². The SMILES string of the molecule is C1CCNCC1.c1cc(N2CCCCC2)ncn1. The normalized spacial score (nSPS) is 19.9. The van der Waals surface area contributed by atoms with E-state index in [1.54, 1.807) is 12.5 Å². The molecule has 1 N–H and O–H groups in total. The summed E-state index contributed by atoms with van der Waals surface area (Å²) in [6, 6.07) is 1.98. The first kappa shape index (κ1) is 13.3. The zero-order chi connectivity index (χ0) is 12.5. The van der Waals surface area contributed by atoms with Gasteiger partial charge in [-0.1, -0.05) is 6.42 Å². The zero-order valence-electron chi connectivity index (χ0n) is 11.1. The van der Waals surface area contributed by atoms with Crippen LogP contribution in [0.25, 0.3) is 0 Å². The molecule has 4 nitrogen and oxygen atoms in total. The van der Waals surface area contributed by atoms with Crippen LogP contribution in [0.1, 0.15) is 38.5 Å². The molecule has 0 aromatic carbocycles. The second-order valence-corrected chi connectivity index (χ2v) is 4.93.